The van der Waals surface area contributed by atoms with E-state index in [2.05, 4.69) is 19.9 Å². The minimum absolute atomic E-state index is 0.733. The highest BCUT2D eigenvalue weighted by Crippen LogP contribution is 2.28. The number of hydrogen-bond acceptors (Lipinski definition) is 6. The summed E-state index contributed by atoms with van der Waals surface area (Å²) >= 11 is 1.99. The van der Waals surface area contributed by atoms with E-state index in [1.807, 2.05) is 36.2 Å². The van der Waals surface area contributed by atoms with Gasteiger partial charge in [0.1, 0.15) is 5.82 Å². The van der Waals surface area contributed by atoms with Crippen LogP contribution in [0.1, 0.15) is 0 Å². The zero-order valence-corrected chi connectivity index (χ0v) is 12.8. The number of aromatic nitrogens is 4. The lowest BCUT2D eigenvalue weighted by Crippen LogP contribution is -2.33. The molecule has 0 radical (unpaired) electrons. The lowest BCUT2D eigenvalue weighted by Gasteiger charge is -2.28. The maximum atomic E-state index is 4.84. The van der Waals surface area contributed by atoms with Crippen molar-refractivity contribution in [2.24, 2.45) is 0 Å². The number of thioether (sulfide) groups is 1. The van der Waals surface area contributed by atoms with Gasteiger partial charge in [-0.1, -0.05) is 0 Å². The number of rotatable bonds is 2. The fraction of sp³-hybridized carbons (Fsp3) is 0.250. The Morgan fingerprint density at radius 3 is 2.50 bits per heavy atom. The molecular weight excluding hydrogens is 294 g/mol. The molecule has 1 saturated heterocycles. The predicted molar refractivity (Wildman–Crippen MR) is 90.1 cm³/mol. The molecule has 0 bridgehead atoms. The monoisotopic (exact) mass is 309 g/mol. The van der Waals surface area contributed by atoms with Crippen molar-refractivity contribution in [3.05, 3.63) is 43.0 Å². The van der Waals surface area contributed by atoms with E-state index in [1.165, 1.54) is 0 Å². The largest absolute Gasteiger partial charge is 0.354 e. The SMILES string of the molecule is c1cc(-c2nc(N3CCSCC3)c3ccncc3n2)ccn1. The van der Waals surface area contributed by atoms with Crippen LogP contribution >= 0.6 is 11.8 Å². The molecule has 1 fully saturated rings. The summed E-state index contributed by atoms with van der Waals surface area (Å²) in [4.78, 5) is 20.1. The number of hydrogen-bond donors (Lipinski definition) is 0. The predicted octanol–water partition coefficient (Wildman–Crippen LogP) is 2.64. The van der Waals surface area contributed by atoms with Crippen LogP contribution in [0.5, 0.6) is 0 Å². The first-order valence-electron chi connectivity index (χ1n) is 7.27. The van der Waals surface area contributed by atoms with Gasteiger partial charge in [0.05, 0.1) is 11.7 Å². The molecule has 5 nitrogen and oxygen atoms in total. The molecule has 0 N–H and O–H groups in total. The molecule has 3 aromatic rings. The summed E-state index contributed by atoms with van der Waals surface area (Å²) in [6, 6.07) is 5.88. The van der Waals surface area contributed by atoms with E-state index in [1.54, 1.807) is 18.6 Å². The highest BCUT2D eigenvalue weighted by molar-refractivity contribution is 7.99. The molecule has 110 valence electrons. The van der Waals surface area contributed by atoms with Crippen molar-refractivity contribution in [2.45, 2.75) is 0 Å². The maximum absolute atomic E-state index is 4.84. The van der Waals surface area contributed by atoms with Gasteiger partial charge in [-0.3, -0.25) is 9.97 Å². The van der Waals surface area contributed by atoms with Crippen LogP contribution < -0.4 is 4.90 Å². The van der Waals surface area contributed by atoms with E-state index in [4.69, 9.17) is 4.98 Å². The highest BCUT2D eigenvalue weighted by atomic mass is 32.2. The zero-order valence-electron chi connectivity index (χ0n) is 12.0. The molecule has 1 aliphatic heterocycles. The Bertz CT molecular complexity index is 787. The van der Waals surface area contributed by atoms with Gasteiger partial charge in [0.2, 0.25) is 0 Å². The van der Waals surface area contributed by atoms with Gasteiger partial charge in [0, 0.05) is 54.1 Å². The Balaban J connectivity index is 1.89. The minimum Gasteiger partial charge on any atom is -0.354 e. The fourth-order valence-corrected chi connectivity index (χ4v) is 3.51. The van der Waals surface area contributed by atoms with Gasteiger partial charge in [-0.25, -0.2) is 9.97 Å². The molecule has 22 heavy (non-hydrogen) atoms. The summed E-state index contributed by atoms with van der Waals surface area (Å²) < 4.78 is 0. The van der Waals surface area contributed by atoms with Gasteiger partial charge in [0.25, 0.3) is 0 Å². The second kappa shape index (κ2) is 5.88. The molecule has 0 unspecified atom stereocenters. The molecule has 3 aromatic heterocycles. The Hall–Kier alpha value is -2.21. The first-order chi connectivity index (χ1) is 10.9. The molecule has 4 rings (SSSR count). The molecule has 0 spiro atoms. The Labute approximate surface area is 132 Å². The van der Waals surface area contributed by atoms with Crippen LogP contribution in [0.4, 0.5) is 5.82 Å². The van der Waals surface area contributed by atoms with E-state index in [0.29, 0.717) is 0 Å². The summed E-state index contributed by atoms with van der Waals surface area (Å²) in [6.07, 6.45) is 7.15. The third-order valence-electron chi connectivity index (χ3n) is 3.73. The average Bonchev–Trinajstić information content (AvgIpc) is 2.62. The van der Waals surface area contributed by atoms with Crippen LogP contribution in [-0.4, -0.2) is 44.5 Å². The molecule has 0 aromatic carbocycles. The number of fused-ring (bicyclic) bond motifs is 1. The molecule has 0 saturated carbocycles. The van der Waals surface area contributed by atoms with Crippen LogP contribution in [0.2, 0.25) is 0 Å². The first-order valence-corrected chi connectivity index (χ1v) is 8.42. The molecule has 6 heteroatoms. The van der Waals surface area contributed by atoms with Crippen molar-refractivity contribution >= 4 is 28.5 Å². The Morgan fingerprint density at radius 1 is 0.909 bits per heavy atom. The molecule has 0 amide bonds. The molecular formula is C16H15N5S. The second-order valence-corrected chi connectivity index (χ2v) is 6.32. The van der Waals surface area contributed by atoms with Crippen molar-refractivity contribution in [3.8, 4) is 11.4 Å². The topological polar surface area (TPSA) is 54.8 Å². The minimum atomic E-state index is 0.733. The van der Waals surface area contributed by atoms with E-state index in [-0.39, 0.29) is 0 Å². The fourth-order valence-electron chi connectivity index (χ4n) is 2.61. The summed E-state index contributed by atoms with van der Waals surface area (Å²) in [5.74, 6) is 4.03. The third-order valence-corrected chi connectivity index (χ3v) is 4.67. The summed E-state index contributed by atoms with van der Waals surface area (Å²) in [5.41, 5.74) is 1.87. The van der Waals surface area contributed by atoms with Crippen LogP contribution in [0.15, 0.2) is 43.0 Å². The van der Waals surface area contributed by atoms with Crippen LogP contribution in [0.3, 0.4) is 0 Å². The van der Waals surface area contributed by atoms with Gasteiger partial charge >= 0.3 is 0 Å². The highest BCUT2D eigenvalue weighted by Gasteiger charge is 2.17. The van der Waals surface area contributed by atoms with E-state index < -0.39 is 0 Å². The number of nitrogens with zero attached hydrogens (tertiary/aromatic N) is 5. The van der Waals surface area contributed by atoms with Gasteiger partial charge in [0.15, 0.2) is 5.82 Å². The summed E-state index contributed by atoms with van der Waals surface area (Å²) in [5, 5.41) is 1.07. The standard InChI is InChI=1S/C16H15N5S/c1-4-17-5-2-12(1)15-19-14-11-18-6-3-13(14)16(20-15)21-7-9-22-10-8-21/h1-6,11H,7-10H2. The zero-order chi connectivity index (χ0) is 14.8. The van der Waals surface area contributed by atoms with E-state index in [9.17, 15) is 0 Å². The van der Waals surface area contributed by atoms with Gasteiger partial charge in [-0.2, -0.15) is 11.8 Å². The van der Waals surface area contributed by atoms with Crippen LogP contribution in [0, 0.1) is 0 Å². The molecule has 0 aliphatic carbocycles. The Kier molecular flexibility index (Phi) is 3.60. The second-order valence-electron chi connectivity index (χ2n) is 5.10. The quantitative estimate of drug-likeness (QED) is 0.725. The lowest BCUT2D eigenvalue weighted by atomic mass is 10.2. The average molecular weight is 309 g/mol. The van der Waals surface area contributed by atoms with Gasteiger partial charge in [-0.05, 0) is 18.2 Å². The lowest BCUT2D eigenvalue weighted by molar-refractivity contribution is 0.843. The van der Waals surface area contributed by atoms with Crippen molar-refractivity contribution in [1.29, 1.82) is 0 Å². The van der Waals surface area contributed by atoms with Crippen molar-refractivity contribution in [1.82, 2.24) is 19.9 Å². The molecule has 0 atom stereocenters. The Morgan fingerprint density at radius 2 is 1.68 bits per heavy atom. The van der Waals surface area contributed by atoms with E-state index >= 15 is 0 Å². The van der Waals surface area contributed by atoms with Crippen LogP contribution in [0.25, 0.3) is 22.3 Å². The maximum Gasteiger partial charge on any atom is 0.162 e. The number of anilines is 1. The summed E-state index contributed by atoms with van der Waals surface area (Å²) in [7, 11) is 0. The van der Waals surface area contributed by atoms with Gasteiger partial charge < -0.3 is 4.90 Å². The smallest absolute Gasteiger partial charge is 0.162 e. The molecule has 1 aliphatic rings. The van der Waals surface area contributed by atoms with Crippen LogP contribution in [-0.2, 0) is 0 Å². The molecule has 4 heterocycles. The van der Waals surface area contributed by atoms with E-state index in [0.717, 1.165) is 52.7 Å². The third kappa shape index (κ3) is 2.50. The van der Waals surface area contributed by atoms with Crippen molar-refractivity contribution in [3.63, 3.8) is 0 Å². The van der Waals surface area contributed by atoms with Crippen molar-refractivity contribution in [2.75, 3.05) is 29.5 Å². The van der Waals surface area contributed by atoms with Gasteiger partial charge in [-0.15, -0.1) is 0 Å². The van der Waals surface area contributed by atoms with Crippen molar-refractivity contribution < 1.29 is 0 Å². The first kappa shape index (κ1) is 13.5. The number of pyridine rings is 2. The summed E-state index contributed by atoms with van der Waals surface area (Å²) in [6.45, 7) is 2.05. The normalized spacial score (nSPS) is 15.2.